The smallest absolute Gasteiger partial charge is 0.134 e. The molecule has 0 aromatic carbocycles. The molecule has 1 aliphatic rings. The average Bonchev–Trinajstić information content (AvgIpc) is 2.44. The standard InChI is InChI=1S/C18H31N3/c1-6-11-19-16-12-13(2)20-17(21-16)14-7-9-15(10-8-14)18(3,4)5/h12,14-15H,6-11H2,1-5H3,(H,19,20,21). The van der Waals surface area contributed by atoms with Crippen LogP contribution in [0.5, 0.6) is 0 Å². The highest BCUT2D eigenvalue weighted by atomic mass is 15.0. The molecule has 3 nitrogen and oxygen atoms in total. The summed E-state index contributed by atoms with van der Waals surface area (Å²) < 4.78 is 0. The van der Waals surface area contributed by atoms with E-state index in [0.29, 0.717) is 11.3 Å². The van der Waals surface area contributed by atoms with E-state index in [1.807, 2.05) is 0 Å². The quantitative estimate of drug-likeness (QED) is 0.854. The summed E-state index contributed by atoms with van der Waals surface area (Å²) in [6.07, 6.45) is 6.21. The van der Waals surface area contributed by atoms with E-state index in [0.717, 1.165) is 36.2 Å². The molecule has 0 unspecified atom stereocenters. The minimum Gasteiger partial charge on any atom is -0.370 e. The van der Waals surface area contributed by atoms with E-state index in [-0.39, 0.29) is 0 Å². The number of nitrogens with one attached hydrogen (secondary N) is 1. The SMILES string of the molecule is CCCNc1cc(C)nc(C2CCC(C(C)(C)C)CC2)n1. The predicted octanol–water partition coefficient (Wildman–Crippen LogP) is 4.93. The van der Waals surface area contributed by atoms with Crippen molar-refractivity contribution in [2.24, 2.45) is 11.3 Å². The number of anilines is 1. The summed E-state index contributed by atoms with van der Waals surface area (Å²) >= 11 is 0. The van der Waals surface area contributed by atoms with Gasteiger partial charge in [-0.15, -0.1) is 0 Å². The number of nitrogens with zero attached hydrogens (tertiary/aromatic N) is 2. The van der Waals surface area contributed by atoms with Crippen molar-refractivity contribution in [1.82, 2.24) is 9.97 Å². The monoisotopic (exact) mass is 289 g/mol. The van der Waals surface area contributed by atoms with Crippen LogP contribution in [0.4, 0.5) is 5.82 Å². The van der Waals surface area contributed by atoms with Crippen molar-refractivity contribution >= 4 is 5.82 Å². The highest BCUT2D eigenvalue weighted by Crippen LogP contribution is 2.42. The molecule has 0 saturated heterocycles. The van der Waals surface area contributed by atoms with E-state index in [2.05, 4.69) is 46.0 Å². The summed E-state index contributed by atoms with van der Waals surface area (Å²) in [6, 6.07) is 2.06. The highest BCUT2D eigenvalue weighted by Gasteiger charge is 2.31. The zero-order chi connectivity index (χ0) is 15.5. The summed E-state index contributed by atoms with van der Waals surface area (Å²) in [7, 11) is 0. The van der Waals surface area contributed by atoms with Crippen molar-refractivity contribution in [3.63, 3.8) is 0 Å². The lowest BCUT2D eigenvalue weighted by Crippen LogP contribution is -2.26. The summed E-state index contributed by atoms with van der Waals surface area (Å²) in [6.45, 7) is 12.3. The van der Waals surface area contributed by atoms with Crippen LogP contribution in [0.15, 0.2) is 6.07 Å². The van der Waals surface area contributed by atoms with Crippen molar-refractivity contribution in [3.05, 3.63) is 17.6 Å². The van der Waals surface area contributed by atoms with E-state index in [4.69, 9.17) is 9.97 Å². The third-order valence-electron chi connectivity index (χ3n) is 4.74. The molecule has 0 radical (unpaired) electrons. The third kappa shape index (κ3) is 4.42. The van der Waals surface area contributed by atoms with Gasteiger partial charge in [0, 0.05) is 24.2 Å². The van der Waals surface area contributed by atoms with Gasteiger partial charge in [-0.1, -0.05) is 27.7 Å². The Hall–Kier alpha value is -1.12. The summed E-state index contributed by atoms with van der Waals surface area (Å²) in [5.74, 6) is 3.44. The maximum Gasteiger partial charge on any atom is 0.134 e. The molecule has 0 aliphatic heterocycles. The lowest BCUT2D eigenvalue weighted by molar-refractivity contribution is 0.167. The van der Waals surface area contributed by atoms with Crippen molar-refractivity contribution in [2.45, 2.75) is 72.6 Å². The zero-order valence-electron chi connectivity index (χ0n) is 14.4. The van der Waals surface area contributed by atoms with Gasteiger partial charge >= 0.3 is 0 Å². The lowest BCUT2D eigenvalue weighted by Gasteiger charge is -2.36. The molecule has 1 aliphatic carbocycles. The molecular weight excluding hydrogens is 258 g/mol. The Morgan fingerprint density at radius 2 is 1.81 bits per heavy atom. The molecule has 3 heteroatoms. The first-order valence-corrected chi connectivity index (χ1v) is 8.49. The Kier molecular flexibility index (Phi) is 5.23. The summed E-state index contributed by atoms with van der Waals surface area (Å²) in [4.78, 5) is 9.46. The molecule has 1 aromatic heterocycles. The second-order valence-corrected chi connectivity index (χ2v) is 7.59. The molecule has 1 saturated carbocycles. The minimum absolute atomic E-state index is 0.437. The van der Waals surface area contributed by atoms with Crippen LogP contribution in [0.3, 0.4) is 0 Å². The van der Waals surface area contributed by atoms with Gasteiger partial charge in [-0.25, -0.2) is 9.97 Å². The van der Waals surface area contributed by atoms with Crippen LogP contribution in [0.1, 0.15) is 77.2 Å². The summed E-state index contributed by atoms with van der Waals surface area (Å²) in [5, 5.41) is 3.40. The molecule has 0 spiro atoms. The van der Waals surface area contributed by atoms with Crippen LogP contribution in [0.2, 0.25) is 0 Å². The fraction of sp³-hybridized carbons (Fsp3) is 0.778. The number of aryl methyl sites for hydroxylation is 1. The lowest BCUT2D eigenvalue weighted by atomic mass is 9.69. The predicted molar refractivity (Wildman–Crippen MR) is 89.7 cm³/mol. The van der Waals surface area contributed by atoms with Crippen LogP contribution >= 0.6 is 0 Å². The van der Waals surface area contributed by atoms with Crippen molar-refractivity contribution in [2.75, 3.05) is 11.9 Å². The Labute approximate surface area is 130 Å². The second kappa shape index (κ2) is 6.76. The molecule has 1 fully saturated rings. The minimum atomic E-state index is 0.437. The largest absolute Gasteiger partial charge is 0.370 e. The number of hydrogen-bond donors (Lipinski definition) is 1. The number of rotatable bonds is 4. The van der Waals surface area contributed by atoms with Gasteiger partial charge in [-0.05, 0) is 50.4 Å². The van der Waals surface area contributed by atoms with Gasteiger partial charge in [-0.2, -0.15) is 0 Å². The normalized spacial score (nSPS) is 23.1. The van der Waals surface area contributed by atoms with Gasteiger partial charge in [0.25, 0.3) is 0 Å². The van der Waals surface area contributed by atoms with Crippen LogP contribution in [0, 0.1) is 18.3 Å². The molecule has 2 rings (SSSR count). The topological polar surface area (TPSA) is 37.8 Å². The molecule has 0 atom stereocenters. The fourth-order valence-electron chi connectivity index (χ4n) is 3.34. The number of aromatic nitrogens is 2. The van der Waals surface area contributed by atoms with E-state index in [1.54, 1.807) is 0 Å². The zero-order valence-corrected chi connectivity index (χ0v) is 14.4. The first-order valence-electron chi connectivity index (χ1n) is 8.49. The van der Waals surface area contributed by atoms with Crippen molar-refractivity contribution in [3.8, 4) is 0 Å². The van der Waals surface area contributed by atoms with Crippen molar-refractivity contribution < 1.29 is 0 Å². The Bertz CT molecular complexity index is 454. The molecule has 1 aromatic rings. The van der Waals surface area contributed by atoms with Crippen molar-refractivity contribution in [1.29, 1.82) is 0 Å². The molecule has 1 N–H and O–H groups in total. The van der Waals surface area contributed by atoms with Gasteiger partial charge in [0.05, 0.1) is 0 Å². The average molecular weight is 289 g/mol. The molecule has 0 bridgehead atoms. The van der Waals surface area contributed by atoms with E-state index in [9.17, 15) is 0 Å². The molecule has 21 heavy (non-hydrogen) atoms. The molecule has 0 amide bonds. The Morgan fingerprint density at radius 1 is 1.14 bits per heavy atom. The maximum absolute atomic E-state index is 4.76. The molecule has 118 valence electrons. The van der Waals surface area contributed by atoms with E-state index < -0.39 is 0 Å². The number of hydrogen-bond acceptors (Lipinski definition) is 3. The van der Waals surface area contributed by atoms with Crippen LogP contribution < -0.4 is 5.32 Å². The first-order chi connectivity index (χ1) is 9.90. The van der Waals surface area contributed by atoms with Gasteiger partial charge in [-0.3, -0.25) is 0 Å². The van der Waals surface area contributed by atoms with Crippen LogP contribution in [0.25, 0.3) is 0 Å². The Morgan fingerprint density at radius 3 is 2.38 bits per heavy atom. The van der Waals surface area contributed by atoms with E-state index >= 15 is 0 Å². The summed E-state index contributed by atoms with van der Waals surface area (Å²) in [5.41, 5.74) is 1.52. The first kappa shape index (κ1) is 16.3. The van der Waals surface area contributed by atoms with Crippen LogP contribution in [-0.4, -0.2) is 16.5 Å². The van der Waals surface area contributed by atoms with Gasteiger partial charge < -0.3 is 5.32 Å². The fourth-order valence-corrected chi connectivity index (χ4v) is 3.34. The molecule has 1 heterocycles. The maximum atomic E-state index is 4.76. The third-order valence-corrected chi connectivity index (χ3v) is 4.74. The highest BCUT2D eigenvalue weighted by molar-refractivity contribution is 5.36. The van der Waals surface area contributed by atoms with Gasteiger partial charge in [0.2, 0.25) is 0 Å². The van der Waals surface area contributed by atoms with Crippen LogP contribution in [-0.2, 0) is 0 Å². The van der Waals surface area contributed by atoms with Gasteiger partial charge in [0.15, 0.2) is 0 Å². The van der Waals surface area contributed by atoms with E-state index in [1.165, 1.54) is 25.7 Å². The second-order valence-electron chi connectivity index (χ2n) is 7.59. The molecular formula is C18H31N3. The van der Waals surface area contributed by atoms with Gasteiger partial charge in [0.1, 0.15) is 11.6 Å². The Balaban J connectivity index is 2.04.